The standard InChI is InChI=1S/C14H17N3O2/c18-13-10-17(14(19)15-13)12-6-8-16(9-7-12)11-4-2-1-3-5-11/h1-5,12H,6-10H2,(H,15,18,19). The van der Waals surface area contributed by atoms with E-state index in [1.807, 2.05) is 18.2 Å². The molecule has 2 aliphatic heterocycles. The molecule has 5 heteroatoms. The minimum absolute atomic E-state index is 0.185. The molecule has 0 aromatic heterocycles. The van der Waals surface area contributed by atoms with Crippen LogP contribution in [0.15, 0.2) is 30.3 Å². The van der Waals surface area contributed by atoms with Crippen molar-refractivity contribution < 1.29 is 9.59 Å². The van der Waals surface area contributed by atoms with Crippen molar-refractivity contribution in [2.45, 2.75) is 18.9 Å². The fourth-order valence-corrected chi connectivity index (χ4v) is 2.83. The summed E-state index contributed by atoms with van der Waals surface area (Å²) in [5.74, 6) is -0.185. The Kier molecular flexibility index (Phi) is 3.11. The Morgan fingerprint density at radius 2 is 1.74 bits per heavy atom. The van der Waals surface area contributed by atoms with Gasteiger partial charge in [-0.1, -0.05) is 18.2 Å². The Morgan fingerprint density at radius 3 is 2.32 bits per heavy atom. The van der Waals surface area contributed by atoms with Crippen LogP contribution in [0.25, 0.3) is 0 Å². The number of amides is 3. The van der Waals surface area contributed by atoms with Gasteiger partial charge >= 0.3 is 6.03 Å². The second kappa shape index (κ2) is 4.91. The fraction of sp³-hybridized carbons (Fsp3) is 0.429. The molecule has 0 unspecified atom stereocenters. The SMILES string of the molecule is O=C1CN(C2CCN(c3ccccc3)CC2)C(=O)N1. The molecule has 3 amide bonds. The molecule has 0 spiro atoms. The second-order valence-corrected chi connectivity index (χ2v) is 5.04. The van der Waals surface area contributed by atoms with E-state index in [1.165, 1.54) is 5.69 Å². The molecule has 2 fully saturated rings. The molecule has 0 aliphatic carbocycles. The molecule has 100 valence electrons. The number of carbonyl (C=O) groups is 2. The number of piperidine rings is 1. The van der Waals surface area contributed by atoms with Crippen LogP contribution in [0, 0.1) is 0 Å². The lowest BCUT2D eigenvalue weighted by molar-refractivity contribution is -0.118. The number of hydrogen-bond donors (Lipinski definition) is 1. The summed E-state index contributed by atoms with van der Waals surface area (Å²) in [5.41, 5.74) is 1.22. The Hall–Kier alpha value is -2.04. The maximum atomic E-state index is 11.6. The molecule has 1 aromatic carbocycles. The maximum Gasteiger partial charge on any atom is 0.324 e. The van der Waals surface area contributed by atoms with Gasteiger partial charge in [-0.3, -0.25) is 10.1 Å². The van der Waals surface area contributed by atoms with Crippen LogP contribution in [0.1, 0.15) is 12.8 Å². The minimum Gasteiger partial charge on any atom is -0.371 e. The number of nitrogens with one attached hydrogen (secondary N) is 1. The van der Waals surface area contributed by atoms with Crippen molar-refractivity contribution in [3.63, 3.8) is 0 Å². The summed E-state index contributed by atoms with van der Waals surface area (Å²) in [6.07, 6.45) is 1.82. The van der Waals surface area contributed by atoms with Gasteiger partial charge in [0.05, 0.1) is 0 Å². The van der Waals surface area contributed by atoms with Crippen LogP contribution in [-0.4, -0.2) is 42.5 Å². The average Bonchev–Trinajstić information content (AvgIpc) is 2.79. The van der Waals surface area contributed by atoms with E-state index < -0.39 is 0 Å². The Labute approximate surface area is 112 Å². The van der Waals surface area contributed by atoms with Crippen molar-refractivity contribution in [1.29, 1.82) is 0 Å². The highest BCUT2D eigenvalue weighted by molar-refractivity contribution is 6.02. The van der Waals surface area contributed by atoms with E-state index in [1.54, 1.807) is 4.90 Å². The topological polar surface area (TPSA) is 52.7 Å². The van der Waals surface area contributed by atoms with Gasteiger partial charge in [-0.05, 0) is 25.0 Å². The van der Waals surface area contributed by atoms with Crippen LogP contribution in [-0.2, 0) is 4.79 Å². The highest BCUT2D eigenvalue weighted by Crippen LogP contribution is 2.23. The Bertz CT molecular complexity index is 481. The second-order valence-electron chi connectivity index (χ2n) is 5.04. The van der Waals surface area contributed by atoms with Gasteiger partial charge in [0, 0.05) is 24.8 Å². The number of hydrogen-bond acceptors (Lipinski definition) is 3. The number of para-hydroxylation sites is 1. The van der Waals surface area contributed by atoms with E-state index >= 15 is 0 Å². The summed E-state index contributed by atoms with van der Waals surface area (Å²) in [6, 6.07) is 10.2. The zero-order valence-corrected chi connectivity index (χ0v) is 10.7. The van der Waals surface area contributed by atoms with Crippen LogP contribution < -0.4 is 10.2 Å². The Balaban J connectivity index is 1.61. The molecule has 5 nitrogen and oxygen atoms in total. The highest BCUT2D eigenvalue weighted by atomic mass is 16.2. The van der Waals surface area contributed by atoms with Crippen molar-refractivity contribution in [2.75, 3.05) is 24.5 Å². The number of carbonyl (C=O) groups excluding carboxylic acids is 2. The third kappa shape index (κ3) is 2.41. The summed E-state index contributed by atoms with van der Waals surface area (Å²) < 4.78 is 0. The molecule has 19 heavy (non-hydrogen) atoms. The van der Waals surface area contributed by atoms with Crippen LogP contribution in [0.3, 0.4) is 0 Å². The molecule has 2 aliphatic rings. The largest absolute Gasteiger partial charge is 0.371 e. The molecule has 3 rings (SSSR count). The lowest BCUT2D eigenvalue weighted by Crippen LogP contribution is -2.46. The van der Waals surface area contributed by atoms with Crippen molar-refractivity contribution >= 4 is 17.6 Å². The molecule has 0 saturated carbocycles. The normalized spacial score (nSPS) is 20.8. The maximum absolute atomic E-state index is 11.6. The third-order valence-electron chi connectivity index (χ3n) is 3.85. The van der Waals surface area contributed by atoms with E-state index in [4.69, 9.17) is 0 Å². The first-order chi connectivity index (χ1) is 9.24. The number of urea groups is 1. The number of imide groups is 1. The van der Waals surface area contributed by atoms with Gasteiger partial charge in [0.15, 0.2) is 0 Å². The number of rotatable bonds is 2. The molecule has 0 bridgehead atoms. The van der Waals surface area contributed by atoms with Crippen LogP contribution in [0.2, 0.25) is 0 Å². The molecular formula is C14H17N3O2. The lowest BCUT2D eigenvalue weighted by atomic mass is 10.0. The lowest BCUT2D eigenvalue weighted by Gasteiger charge is -2.37. The first-order valence-electron chi connectivity index (χ1n) is 6.64. The van der Waals surface area contributed by atoms with Crippen molar-refractivity contribution in [2.24, 2.45) is 0 Å². The third-order valence-corrected chi connectivity index (χ3v) is 3.85. The van der Waals surface area contributed by atoms with Gasteiger partial charge in [-0.15, -0.1) is 0 Å². The fourth-order valence-electron chi connectivity index (χ4n) is 2.83. The summed E-state index contributed by atoms with van der Waals surface area (Å²) in [6.45, 7) is 2.06. The first-order valence-corrected chi connectivity index (χ1v) is 6.64. The predicted molar refractivity (Wildman–Crippen MR) is 71.9 cm³/mol. The quantitative estimate of drug-likeness (QED) is 0.812. The molecule has 1 N–H and O–H groups in total. The molecule has 0 atom stereocenters. The van der Waals surface area contributed by atoms with Crippen molar-refractivity contribution in [1.82, 2.24) is 10.2 Å². The summed E-state index contributed by atoms with van der Waals surface area (Å²) >= 11 is 0. The number of anilines is 1. The summed E-state index contributed by atoms with van der Waals surface area (Å²) in [7, 11) is 0. The van der Waals surface area contributed by atoms with E-state index in [-0.39, 0.29) is 24.5 Å². The van der Waals surface area contributed by atoms with Crippen molar-refractivity contribution in [3.8, 4) is 0 Å². The monoisotopic (exact) mass is 259 g/mol. The van der Waals surface area contributed by atoms with E-state index in [2.05, 4.69) is 22.3 Å². The van der Waals surface area contributed by atoms with Gasteiger partial charge in [-0.25, -0.2) is 4.79 Å². The zero-order chi connectivity index (χ0) is 13.2. The highest BCUT2D eigenvalue weighted by Gasteiger charge is 2.34. The van der Waals surface area contributed by atoms with E-state index in [0.29, 0.717) is 0 Å². The van der Waals surface area contributed by atoms with Gasteiger partial charge < -0.3 is 9.80 Å². The zero-order valence-electron chi connectivity index (χ0n) is 10.7. The summed E-state index contributed by atoms with van der Waals surface area (Å²) in [4.78, 5) is 26.8. The molecule has 1 aromatic rings. The first kappa shape index (κ1) is 12.0. The minimum atomic E-state index is -0.233. The molecule has 2 heterocycles. The number of nitrogens with zero attached hydrogens (tertiary/aromatic N) is 2. The van der Waals surface area contributed by atoms with Gasteiger partial charge in [0.2, 0.25) is 5.91 Å². The van der Waals surface area contributed by atoms with Gasteiger partial charge in [0.1, 0.15) is 6.54 Å². The molecule has 0 radical (unpaired) electrons. The van der Waals surface area contributed by atoms with Crippen LogP contribution in [0.5, 0.6) is 0 Å². The number of benzene rings is 1. The molecule has 2 saturated heterocycles. The Morgan fingerprint density at radius 1 is 1.05 bits per heavy atom. The van der Waals surface area contributed by atoms with Gasteiger partial charge in [-0.2, -0.15) is 0 Å². The van der Waals surface area contributed by atoms with Gasteiger partial charge in [0.25, 0.3) is 0 Å². The predicted octanol–water partition coefficient (Wildman–Crippen LogP) is 1.21. The average molecular weight is 259 g/mol. The van der Waals surface area contributed by atoms with E-state index in [0.717, 1.165) is 25.9 Å². The molecular weight excluding hydrogens is 242 g/mol. The summed E-state index contributed by atoms with van der Waals surface area (Å²) in [5, 5.41) is 2.34. The van der Waals surface area contributed by atoms with E-state index in [9.17, 15) is 9.59 Å². The smallest absolute Gasteiger partial charge is 0.324 e. The van der Waals surface area contributed by atoms with Crippen LogP contribution in [0.4, 0.5) is 10.5 Å². The van der Waals surface area contributed by atoms with Crippen molar-refractivity contribution in [3.05, 3.63) is 30.3 Å². The van der Waals surface area contributed by atoms with Crippen LogP contribution >= 0.6 is 0 Å².